The SMILES string of the molecule is COCC(C)(NC(=O)[C@H]1CCN[C@@H](C)C1)C(=O)OC.Cl. The standard InChI is InChI=1S/C13H24N2O4.ClH/c1-9-7-10(5-6-14-9)11(16)15-13(2,8-18-3)12(17)19-4;/h9-10,14H,5-8H2,1-4H3,(H,15,16);1H/t9-,10-,13?;/m0./s1. The van der Waals surface area contributed by atoms with Gasteiger partial charge in [0.1, 0.15) is 0 Å². The molecule has 0 aromatic heterocycles. The van der Waals surface area contributed by atoms with Crippen LogP contribution < -0.4 is 10.6 Å². The number of rotatable bonds is 5. The first-order valence-electron chi connectivity index (χ1n) is 6.55. The van der Waals surface area contributed by atoms with Gasteiger partial charge in [0.25, 0.3) is 0 Å². The monoisotopic (exact) mass is 308 g/mol. The van der Waals surface area contributed by atoms with Crippen molar-refractivity contribution in [1.29, 1.82) is 0 Å². The highest BCUT2D eigenvalue weighted by atomic mass is 35.5. The Hall–Kier alpha value is -0.850. The molecule has 0 saturated carbocycles. The summed E-state index contributed by atoms with van der Waals surface area (Å²) in [5.74, 6) is -0.680. The lowest BCUT2D eigenvalue weighted by Crippen LogP contribution is -2.58. The van der Waals surface area contributed by atoms with E-state index in [1.165, 1.54) is 14.2 Å². The average molecular weight is 309 g/mol. The molecule has 0 radical (unpaired) electrons. The minimum atomic E-state index is -1.13. The van der Waals surface area contributed by atoms with Crippen LogP contribution in [-0.2, 0) is 19.1 Å². The van der Waals surface area contributed by atoms with Gasteiger partial charge in [0, 0.05) is 19.1 Å². The van der Waals surface area contributed by atoms with E-state index in [2.05, 4.69) is 10.6 Å². The van der Waals surface area contributed by atoms with Crippen molar-refractivity contribution in [3.05, 3.63) is 0 Å². The summed E-state index contributed by atoms with van der Waals surface area (Å²) in [6.45, 7) is 4.57. The predicted molar refractivity (Wildman–Crippen MR) is 77.9 cm³/mol. The molecule has 1 fully saturated rings. The van der Waals surface area contributed by atoms with Crippen LogP contribution in [0.25, 0.3) is 0 Å². The maximum absolute atomic E-state index is 12.3. The minimum Gasteiger partial charge on any atom is -0.467 e. The van der Waals surface area contributed by atoms with Crippen molar-refractivity contribution in [2.45, 2.75) is 38.3 Å². The van der Waals surface area contributed by atoms with Gasteiger partial charge in [-0.25, -0.2) is 4.79 Å². The molecule has 1 aliphatic heterocycles. The van der Waals surface area contributed by atoms with Crippen molar-refractivity contribution in [2.24, 2.45) is 5.92 Å². The normalized spacial score (nSPS) is 25.0. The second kappa shape index (κ2) is 8.44. The molecule has 118 valence electrons. The van der Waals surface area contributed by atoms with E-state index < -0.39 is 11.5 Å². The third kappa shape index (κ3) is 4.92. The average Bonchev–Trinajstić information content (AvgIpc) is 2.37. The van der Waals surface area contributed by atoms with E-state index in [4.69, 9.17) is 9.47 Å². The van der Waals surface area contributed by atoms with E-state index >= 15 is 0 Å². The number of amides is 1. The number of hydrogen-bond acceptors (Lipinski definition) is 5. The summed E-state index contributed by atoms with van der Waals surface area (Å²) in [6, 6.07) is 0.316. The second-order valence-electron chi connectivity index (χ2n) is 5.32. The molecular weight excluding hydrogens is 284 g/mol. The van der Waals surface area contributed by atoms with E-state index in [1.807, 2.05) is 6.92 Å². The summed E-state index contributed by atoms with van der Waals surface area (Å²) in [4.78, 5) is 24.0. The molecule has 0 bridgehead atoms. The lowest BCUT2D eigenvalue weighted by atomic mass is 9.91. The van der Waals surface area contributed by atoms with Crippen LogP contribution >= 0.6 is 12.4 Å². The number of ether oxygens (including phenoxy) is 2. The van der Waals surface area contributed by atoms with Crippen molar-refractivity contribution < 1.29 is 19.1 Å². The molecule has 0 spiro atoms. The van der Waals surface area contributed by atoms with E-state index in [9.17, 15) is 9.59 Å². The van der Waals surface area contributed by atoms with Gasteiger partial charge in [-0.15, -0.1) is 12.4 Å². The van der Waals surface area contributed by atoms with Crippen molar-refractivity contribution in [2.75, 3.05) is 27.4 Å². The molecular formula is C13H25ClN2O4. The molecule has 1 amide bonds. The van der Waals surface area contributed by atoms with Gasteiger partial charge in [-0.05, 0) is 33.2 Å². The summed E-state index contributed by atoms with van der Waals surface area (Å²) in [5.41, 5.74) is -1.13. The topological polar surface area (TPSA) is 76.7 Å². The van der Waals surface area contributed by atoms with Crippen molar-refractivity contribution >= 4 is 24.3 Å². The van der Waals surface area contributed by atoms with Gasteiger partial charge in [0.05, 0.1) is 13.7 Å². The predicted octanol–water partition coefficient (Wildman–Crippen LogP) is 0.491. The quantitative estimate of drug-likeness (QED) is 0.723. The largest absolute Gasteiger partial charge is 0.467 e. The number of nitrogens with one attached hydrogen (secondary N) is 2. The third-order valence-corrected chi connectivity index (χ3v) is 3.46. The molecule has 0 aromatic rings. The first-order chi connectivity index (χ1) is 8.92. The first kappa shape index (κ1) is 19.1. The van der Waals surface area contributed by atoms with Crippen LogP contribution in [0.4, 0.5) is 0 Å². The second-order valence-corrected chi connectivity index (χ2v) is 5.32. The first-order valence-corrected chi connectivity index (χ1v) is 6.55. The van der Waals surface area contributed by atoms with Crippen molar-refractivity contribution in [3.8, 4) is 0 Å². The van der Waals surface area contributed by atoms with Gasteiger partial charge in [-0.3, -0.25) is 4.79 Å². The highest BCUT2D eigenvalue weighted by molar-refractivity contribution is 5.88. The van der Waals surface area contributed by atoms with Crippen LogP contribution in [0.2, 0.25) is 0 Å². The fourth-order valence-corrected chi connectivity index (χ4v) is 2.40. The van der Waals surface area contributed by atoms with Crippen LogP contribution in [0, 0.1) is 5.92 Å². The molecule has 1 saturated heterocycles. The van der Waals surface area contributed by atoms with Crippen LogP contribution in [-0.4, -0.2) is 50.8 Å². The number of methoxy groups -OCH3 is 2. The van der Waals surface area contributed by atoms with Crippen LogP contribution in [0.15, 0.2) is 0 Å². The number of esters is 1. The summed E-state index contributed by atoms with van der Waals surface area (Å²) in [5, 5.41) is 6.06. The lowest BCUT2D eigenvalue weighted by molar-refractivity contribution is -0.153. The van der Waals surface area contributed by atoms with E-state index in [0.717, 1.165) is 19.4 Å². The number of hydrogen-bond donors (Lipinski definition) is 2. The molecule has 1 rings (SSSR count). The van der Waals surface area contributed by atoms with E-state index in [1.54, 1.807) is 6.92 Å². The van der Waals surface area contributed by atoms with Gasteiger partial charge in [0.15, 0.2) is 5.54 Å². The van der Waals surface area contributed by atoms with E-state index in [-0.39, 0.29) is 30.8 Å². The number of carbonyl (C=O) groups is 2. The molecule has 1 heterocycles. The molecule has 2 N–H and O–H groups in total. The lowest BCUT2D eigenvalue weighted by Gasteiger charge is -2.32. The highest BCUT2D eigenvalue weighted by Crippen LogP contribution is 2.18. The van der Waals surface area contributed by atoms with Crippen molar-refractivity contribution in [1.82, 2.24) is 10.6 Å². The Morgan fingerprint density at radius 2 is 2.05 bits per heavy atom. The molecule has 0 aromatic carbocycles. The van der Waals surface area contributed by atoms with E-state index in [0.29, 0.717) is 6.04 Å². The molecule has 1 aliphatic rings. The maximum atomic E-state index is 12.3. The number of halogens is 1. The summed E-state index contributed by atoms with van der Waals surface area (Å²) in [7, 11) is 2.79. The Morgan fingerprint density at radius 1 is 1.40 bits per heavy atom. The fourth-order valence-electron chi connectivity index (χ4n) is 2.40. The number of piperidine rings is 1. The maximum Gasteiger partial charge on any atom is 0.333 e. The van der Waals surface area contributed by atoms with Crippen LogP contribution in [0.5, 0.6) is 0 Å². The van der Waals surface area contributed by atoms with Crippen LogP contribution in [0.3, 0.4) is 0 Å². The zero-order valence-corrected chi connectivity index (χ0v) is 13.3. The molecule has 3 atom stereocenters. The highest BCUT2D eigenvalue weighted by Gasteiger charge is 2.38. The molecule has 7 heteroatoms. The minimum absolute atomic E-state index is 0. The molecule has 0 aliphatic carbocycles. The Labute approximate surface area is 126 Å². The Kier molecular flexibility index (Phi) is 8.08. The summed E-state index contributed by atoms with van der Waals surface area (Å²) < 4.78 is 9.74. The van der Waals surface area contributed by atoms with Crippen molar-refractivity contribution in [3.63, 3.8) is 0 Å². The summed E-state index contributed by atoms with van der Waals surface area (Å²) >= 11 is 0. The third-order valence-electron chi connectivity index (χ3n) is 3.46. The van der Waals surface area contributed by atoms with Gasteiger partial charge in [-0.1, -0.05) is 0 Å². The number of carbonyl (C=O) groups excluding carboxylic acids is 2. The molecule has 6 nitrogen and oxygen atoms in total. The van der Waals surface area contributed by atoms with Gasteiger partial charge in [-0.2, -0.15) is 0 Å². The summed E-state index contributed by atoms with van der Waals surface area (Å²) in [6.07, 6.45) is 1.55. The Balaban J connectivity index is 0.00000361. The molecule has 1 unspecified atom stereocenters. The zero-order valence-electron chi connectivity index (χ0n) is 12.5. The van der Waals surface area contributed by atoms with Gasteiger partial charge in [0.2, 0.25) is 5.91 Å². The van der Waals surface area contributed by atoms with Gasteiger partial charge >= 0.3 is 5.97 Å². The molecule has 20 heavy (non-hydrogen) atoms. The Bertz CT molecular complexity index is 340. The Morgan fingerprint density at radius 3 is 2.55 bits per heavy atom. The van der Waals surface area contributed by atoms with Crippen LogP contribution in [0.1, 0.15) is 26.7 Å². The zero-order chi connectivity index (χ0) is 14.5. The smallest absolute Gasteiger partial charge is 0.333 e. The van der Waals surface area contributed by atoms with Gasteiger partial charge < -0.3 is 20.1 Å². The fraction of sp³-hybridized carbons (Fsp3) is 0.846.